The summed E-state index contributed by atoms with van der Waals surface area (Å²) in [5.41, 5.74) is 1.54. The molecule has 8 heteroatoms. The van der Waals surface area contributed by atoms with Gasteiger partial charge in [0.15, 0.2) is 11.6 Å². The fraction of sp³-hybridized carbons (Fsp3) is 0.286. The van der Waals surface area contributed by atoms with E-state index in [2.05, 4.69) is 11.7 Å². The van der Waals surface area contributed by atoms with E-state index in [0.717, 1.165) is 43.4 Å². The predicted molar refractivity (Wildman–Crippen MR) is 123 cm³/mol. The fourth-order valence-electron chi connectivity index (χ4n) is 4.48. The Balaban J connectivity index is 1.60. The summed E-state index contributed by atoms with van der Waals surface area (Å²) >= 11 is 0. The van der Waals surface area contributed by atoms with Crippen molar-refractivity contribution < 1.29 is 35.5 Å². The van der Waals surface area contributed by atoms with Crippen LogP contribution in [0.5, 0.6) is 5.75 Å². The first-order valence-corrected chi connectivity index (χ1v) is 11.6. The molecular formula is C28H23F7O. The Morgan fingerprint density at radius 3 is 2.31 bits per heavy atom. The van der Waals surface area contributed by atoms with E-state index < -0.39 is 40.9 Å². The quantitative estimate of drug-likeness (QED) is 0.229. The van der Waals surface area contributed by atoms with Crippen molar-refractivity contribution in [1.29, 1.82) is 0 Å². The molecule has 0 aromatic heterocycles. The Bertz CT molecular complexity index is 1310. The van der Waals surface area contributed by atoms with Crippen LogP contribution in [-0.2, 0) is 19.3 Å². The van der Waals surface area contributed by atoms with Gasteiger partial charge in [0.1, 0.15) is 17.5 Å². The monoisotopic (exact) mass is 508 g/mol. The van der Waals surface area contributed by atoms with Crippen LogP contribution < -0.4 is 4.74 Å². The number of benzene rings is 3. The highest BCUT2D eigenvalue weighted by atomic mass is 19.4. The maximum Gasteiger partial charge on any atom is 0.573 e. The van der Waals surface area contributed by atoms with E-state index in [4.69, 9.17) is 0 Å². The zero-order chi connectivity index (χ0) is 26.0. The largest absolute Gasteiger partial charge is 0.573 e. The second kappa shape index (κ2) is 10.4. The van der Waals surface area contributed by atoms with Gasteiger partial charge in [0, 0.05) is 5.56 Å². The molecule has 36 heavy (non-hydrogen) atoms. The van der Waals surface area contributed by atoms with E-state index in [0.29, 0.717) is 28.8 Å². The summed E-state index contributed by atoms with van der Waals surface area (Å²) in [4.78, 5) is 0. The molecule has 0 amide bonds. The normalized spacial score (nSPS) is 13.4. The first-order chi connectivity index (χ1) is 17.1. The van der Waals surface area contributed by atoms with Gasteiger partial charge in [0.25, 0.3) is 0 Å². The van der Waals surface area contributed by atoms with Crippen LogP contribution in [-0.4, -0.2) is 6.36 Å². The Morgan fingerprint density at radius 2 is 1.64 bits per heavy atom. The third-order valence-electron chi connectivity index (χ3n) is 6.24. The van der Waals surface area contributed by atoms with E-state index in [-0.39, 0.29) is 24.0 Å². The van der Waals surface area contributed by atoms with Crippen LogP contribution >= 0.6 is 0 Å². The van der Waals surface area contributed by atoms with Gasteiger partial charge in [0.05, 0.1) is 5.56 Å². The van der Waals surface area contributed by atoms with E-state index in [1.165, 1.54) is 6.07 Å². The lowest BCUT2D eigenvalue weighted by atomic mass is 9.85. The number of rotatable bonds is 7. The Morgan fingerprint density at radius 1 is 0.861 bits per heavy atom. The number of halogens is 7. The summed E-state index contributed by atoms with van der Waals surface area (Å²) in [7, 11) is 0. The molecule has 0 fully saturated rings. The van der Waals surface area contributed by atoms with Crippen molar-refractivity contribution in [3.63, 3.8) is 0 Å². The molecule has 0 spiro atoms. The highest BCUT2D eigenvalue weighted by Crippen LogP contribution is 2.38. The smallest absolute Gasteiger partial charge is 0.403 e. The summed E-state index contributed by atoms with van der Waals surface area (Å²) in [6.07, 6.45) is 0.579. The van der Waals surface area contributed by atoms with Gasteiger partial charge in [-0.05, 0) is 77.8 Å². The summed E-state index contributed by atoms with van der Waals surface area (Å²) in [5, 5.41) is 0. The number of fused-ring (bicyclic) bond motifs is 1. The van der Waals surface area contributed by atoms with E-state index in [9.17, 15) is 26.3 Å². The summed E-state index contributed by atoms with van der Waals surface area (Å²) in [6.45, 7) is 2.09. The second-order valence-corrected chi connectivity index (χ2v) is 8.76. The SMILES string of the molecule is CCCCCc1ccc(C2=CCc3c(cc(F)c(-c4ccc(OC(F)(F)F)c(F)c4)c3F)C2)c(F)c1. The third-order valence-corrected chi connectivity index (χ3v) is 6.24. The minimum atomic E-state index is -5.11. The molecule has 190 valence electrons. The number of allylic oxidation sites excluding steroid dienone is 2. The first-order valence-electron chi connectivity index (χ1n) is 11.6. The Hall–Kier alpha value is -3.29. The number of alkyl halides is 3. The molecular weight excluding hydrogens is 485 g/mol. The highest BCUT2D eigenvalue weighted by Gasteiger charge is 2.32. The van der Waals surface area contributed by atoms with Crippen LogP contribution in [0.3, 0.4) is 0 Å². The molecule has 0 unspecified atom stereocenters. The zero-order valence-corrected chi connectivity index (χ0v) is 19.4. The van der Waals surface area contributed by atoms with Gasteiger partial charge >= 0.3 is 6.36 Å². The molecule has 0 heterocycles. The molecule has 3 aromatic rings. The average Bonchev–Trinajstić information content (AvgIpc) is 2.80. The molecule has 1 nitrogen and oxygen atoms in total. The first kappa shape index (κ1) is 25.8. The van der Waals surface area contributed by atoms with Gasteiger partial charge in [-0.25, -0.2) is 17.6 Å². The minimum absolute atomic E-state index is 0.0548. The molecule has 0 aliphatic heterocycles. The topological polar surface area (TPSA) is 9.23 Å². The third kappa shape index (κ3) is 5.58. The lowest BCUT2D eigenvalue weighted by Crippen LogP contribution is -2.18. The van der Waals surface area contributed by atoms with Gasteiger partial charge in [-0.3, -0.25) is 0 Å². The molecule has 0 radical (unpaired) electrons. The van der Waals surface area contributed by atoms with Crippen molar-refractivity contribution in [3.05, 3.63) is 94.1 Å². The lowest BCUT2D eigenvalue weighted by Gasteiger charge is -2.21. The zero-order valence-electron chi connectivity index (χ0n) is 19.4. The molecule has 1 aliphatic carbocycles. The Labute approximate surface area is 204 Å². The van der Waals surface area contributed by atoms with Crippen LogP contribution in [0.15, 0.2) is 48.5 Å². The Kier molecular flexibility index (Phi) is 7.43. The van der Waals surface area contributed by atoms with E-state index in [1.807, 2.05) is 6.07 Å². The number of hydrogen-bond acceptors (Lipinski definition) is 1. The molecule has 1 aliphatic rings. The van der Waals surface area contributed by atoms with Crippen molar-refractivity contribution in [2.24, 2.45) is 0 Å². The highest BCUT2D eigenvalue weighted by molar-refractivity contribution is 5.74. The molecule has 4 rings (SSSR count). The summed E-state index contributed by atoms with van der Waals surface area (Å²) in [6, 6.07) is 8.36. The van der Waals surface area contributed by atoms with Gasteiger partial charge in [-0.1, -0.05) is 44.0 Å². The molecule has 0 N–H and O–H groups in total. The van der Waals surface area contributed by atoms with E-state index in [1.54, 1.807) is 12.1 Å². The molecule has 3 aromatic carbocycles. The van der Waals surface area contributed by atoms with Crippen LogP contribution in [0.25, 0.3) is 16.7 Å². The maximum atomic E-state index is 15.3. The van der Waals surface area contributed by atoms with Gasteiger partial charge < -0.3 is 4.74 Å². The lowest BCUT2D eigenvalue weighted by molar-refractivity contribution is -0.275. The number of ether oxygens (including phenoxy) is 1. The number of hydrogen-bond donors (Lipinski definition) is 0. The van der Waals surface area contributed by atoms with Crippen LogP contribution in [0.2, 0.25) is 0 Å². The molecule has 0 saturated heterocycles. The molecule has 0 saturated carbocycles. The van der Waals surface area contributed by atoms with Crippen LogP contribution in [0.4, 0.5) is 30.7 Å². The van der Waals surface area contributed by atoms with Crippen LogP contribution in [0.1, 0.15) is 48.4 Å². The average molecular weight is 508 g/mol. The molecule has 0 bridgehead atoms. The fourth-order valence-corrected chi connectivity index (χ4v) is 4.48. The van der Waals surface area contributed by atoms with E-state index >= 15 is 4.39 Å². The van der Waals surface area contributed by atoms with Crippen molar-refractivity contribution in [2.45, 2.75) is 51.8 Å². The maximum absolute atomic E-state index is 15.3. The minimum Gasteiger partial charge on any atom is -0.403 e. The summed E-state index contributed by atoms with van der Waals surface area (Å²) in [5.74, 6) is -4.83. The van der Waals surface area contributed by atoms with Crippen molar-refractivity contribution >= 4 is 5.57 Å². The number of aryl methyl sites for hydroxylation is 1. The summed E-state index contributed by atoms with van der Waals surface area (Å²) < 4.78 is 100. The van der Waals surface area contributed by atoms with Crippen LogP contribution in [0, 0.1) is 23.3 Å². The van der Waals surface area contributed by atoms with Gasteiger partial charge in [-0.15, -0.1) is 13.2 Å². The van der Waals surface area contributed by atoms with Gasteiger partial charge in [0.2, 0.25) is 0 Å². The second-order valence-electron chi connectivity index (χ2n) is 8.76. The van der Waals surface area contributed by atoms with Crippen molar-refractivity contribution in [2.75, 3.05) is 0 Å². The number of unbranched alkanes of at least 4 members (excludes halogenated alkanes) is 2. The standard InChI is InChI=1S/C28H23F7O/c1-2-3-4-5-16-6-9-20(22(29)12-16)17-7-10-21-19(13-17)15-24(31)26(27(21)32)18-8-11-25(23(30)14-18)36-28(33,34)35/h6-9,11-12,14-15H,2-5,10,13H2,1H3. The predicted octanol–water partition coefficient (Wildman–Crippen LogP) is 8.72. The van der Waals surface area contributed by atoms with Gasteiger partial charge in [-0.2, -0.15) is 0 Å². The molecule has 0 atom stereocenters. The van der Waals surface area contributed by atoms with Crippen molar-refractivity contribution in [3.8, 4) is 16.9 Å². The van der Waals surface area contributed by atoms with Crippen molar-refractivity contribution in [1.82, 2.24) is 0 Å².